The average molecular weight is 308 g/mol. The minimum absolute atomic E-state index is 0.000228. The zero-order valence-electron chi connectivity index (χ0n) is 10.9. The van der Waals surface area contributed by atoms with E-state index in [9.17, 15) is 19.7 Å². The van der Waals surface area contributed by atoms with E-state index in [4.69, 9.17) is 11.2 Å². The van der Waals surface area contributed by atoms with E-state index >= 15 is 0 Å². The number of carbonyl (C=O) groups excluding carboxylic acids is 2. The van der Waals surface area contributed by atoms with Gasteiger partial charge < -0.3 is 10.1 Å². The van der Waals surface area contributed by atoms with Gasteiger partial charge in [0, 0.05) is 17.0 Å². The van der Waals surface area contributed by atoms with Crippen LogP contribution in [0.4, 0.5) is 5.69 Å². The first-order valence-corrected chi connectivity index (χ1v) is 6.74. The van der Waals surface area contributed by atoms with Crippen LogP contribution in [0.15, 0.2) is 29.2 Å². The summed E-state index contributed by atoms with van der Waals surface area (Å²) in [5, 5.41) is 12.8. The molecule has 21 heavy (non-hydrogen) atoms. The zero-order valence-corrected chi connectivity index (χ0v) is 11.7. The fraction of sp³-hybridized carbons (Fsp3) is 0.231. The third-order valence-corrected chi connectivity index (χ3v) is 3.14. The van der Waals surface area contributed by atoms with Crippen molar-refractivity contribution in [2.75, 3.05) is 18.9 Å². The van der Waals surface area contributed by atoms with Gasteiger partial charge in [0.15, 0.2) is 6.61 Å². The van der Waals surface area contributed by atoms with Gasteiger partial charge in [-0.2, -0.15) is 0 Å². The second-order valence-corrected chi connectivity index (χ2v) is 4.73. The van der Waals surface area contributed by atoms with E-state index in [1.165, 1.54) is 24.3 Å². The summed E-state index contributed by atoms with van der Waals surface area (Å²) < 4.78 is 4.74. The Hall–Kier alpha value is -2.53. The van der Waals surface area contributed by atoms with E-state index in [2.05, 4.69) is 11.2 Å². The number of amides is 1. The number of hydrogen-bond donors (Lipinski definition) is 1. The van der Waals surface area contributed by atoms with Gasteiger partial charge in [-0.3, -0.25) is 19.7 Å². The van der Waals surface area contributed by atoms with Crippen molar-refractivity contribution in [1.82, 2.24) is 5.32 Å². The first kappa shape index (κ1) is 16.5. The van der Waals surface area contributed by atoms with E-state index in [-0.39, 0.29) is 24.6 Å². The van der Waals surface area contributed by atoms with Crippen LogP contribution in [-0.4, -0.2) is 35.7 Å². The number of esters is 1. The highest BCUT2D eigenvalue weighted by Gasteiger charge is 2.09. The third kappa shape index (κ3) is 6.44. The highest BCUT2D eigenvalue weighted by molar-refractivity contribution is 8.00. The zero-order chi connectivity index (χ0) is 15.7. The lowest BCUT2D eigenvalue weighted by Crippen LogP contribution is -2.29. The van der Waals surface area contributed by atoms with E-state index in [1.807, 2.05) is 0 Å². The summed E-state index contributed by atoms with van der Waals surface area (Å²) in [7, 11) is 0. The van der Waals surface area contributed by atoms with Gasteiger partial charge >= 0.3 is 5.97 Å². The second-order valence-electron chi connectivity index (χ2n) is 3.68. The molecule has 0 aliphatic carbocycles. The molecule has 1 aromatic rings. The maximum atomic E-state index is 11.4. The van der Waals surface area contributed by atoms with Crippen molar-refractivity contribution in [3.8, 4) is 12.3 Å². The van der Waals surface area contributed by atoms with Crippen LogP contribution in [0.25, 0.3) is 0 Å². The van der Waals surface area contributed by atoms with Crippen molar-refractivity contribution in [2.24, 2.45) is 0 Å². The summed E-state index contributed by atoms with van der Waals surface area (Å²) in [6, 6.07) is 5.77. The molecule has 1 N–H and O–H groups in total. The summed E-state index contributed by atoms with van der Waals surface area (Å²) >= 11 is 1.16. The molecule has 1 aromatic carbocycles. The SMILES string of the molecule is C#CCNC(=O)COC(=O)CSc1ccc([N+](=O)[O-])cc1. The number of ether oxygens (including phenoxy) is 1. The standard InChI is InChI=1S/C13H12N2O5S/c1-2-7-14-12(16)8-20-13(17)9-21-11-5-3-10(4-6-11)15(18)19/h1,3-6H,7-9H2,(H,14,16). The number of nitro groups is 1. The van der Waals surface area contributed by atoms with Gasteiger partial charge in [-0.1, -0.05) is 5.92 Å². The van der Waals surface area contributed by atoms with Crippen LogP contribution in [0.3, 0.4) is 0 Å². The van der Waals surface area contributed by atoms with Gasteiger partial charge in [0.2, 0.25) is 0 Å². The number of benzene rings is 1. The molecule has 0 radical (unpaired) electrons. The molecular formula is C13H12N2O5S. The molecule has 0 saturated carbocycles. The normalized spacial score (nSPS) is 9.48. The number of nitro benzene ring substituents is 1. The Bertz CT molecular complexity index is 565. The molecular weight excluding hydrogens is 296 g/mol. The number of non-ortho nitro benzene ring substituents is 1. The number of nitrogens with one attached hydrogen (secondary N) is 1. The molecule has 0 spiro atoms. The predicted octanol–water partition coefficient (Wildman–Crippen LogP) is 0.979. The van der Waals surface area contributed by atoms with Crippen LogP contribution in [0, 0.1) is 22.5 Å². The lowest BCUT2D eigenvalue weighted by atomic mass is 10.3. The molecule has 0 bridgehead atoms. The third-order valence-electron chi connectivity index (χ3n) is 2.16. The summed E-state index contributed by atoms with van der Waals surface area (Å²) in [6.45, 7) is -0.310. The van der Waals surface area contributed by atoms with Crippen molar-refractivity contribution in [3.05, 3.63) is 34.4 Å². The predicted molar refractivity (Wildman–Crippen MR) is 76.6 cm³/mol. The number of thioether (sulfide) groups is 1. The lowest BCUT2D eigenvalue weighted by molar-refractivity contribution is -0.384. The van der Waals surface area contributed by atoms with Crippen LogP contribution < -0.4 is 5.32 Å². The van der Waals surface area contributed by atoms with E-state index in [0.717, 1.165) is 11.8 Å². The smallest absolute Gasteiger partial charge is 0.316 e. The average Bonchev–Trinajstić information content (AvgIpc) is 2.49. The van der Waals surface area contributed by atoms with Crippen LogP contribution in [0.5, 0.6) is 0 Å². The first-order chi connectivity index (χ1) is 10.0. The van der Waals surface area contributed by atoms with Crippen molar-refractivity contribution in [1.29, 1.82) is 0 Å². The number of nitrogens with zero attached hydrogens (tertiary/aromatic N) is 1. The fourth-order valence-electron chi connectivity index (χ4n) is 1.19. The Labute approximate surface area is 125 Å². The van der Waals surface area contributed by atoms with Crippen LogP contribution in [-0.2, 0) is 14.3 Å². The first-order valence-electron chi connectivity index (χ1n) is 5.76. The van der Waals surface area contributed by atoms with Crippen molar-refractivity contribution >= 4 is 29.3 Å². The van der Waals surface area contributed by atoms with Crippen molar-refractivity contribution < 1.29 is 19.2 Å². The molecule has 110 valence electrons. The van der Waals surface area contributed by atoms with Crippen LogP contribution in [0.1, 0.15) is 0 Å². The van der Waals surface area contributed by atoms with Crippen LogP contribution >= 0.6 is 11.8 Å². The number of carbonyl (C=O) groups is 2. The monoisotopic (exact) mass is 308 g/mol. The Balaban J connectivity index is 2.31. The van der Waals surface area contributed by atoms with Crippen molar-refractivity contribution in [2.45, 2.75) is 4.90 Å². The molecule has 8 heteroatoms. The molecule has 0 aliphatic rings. The van der Waals surface area contributed by atoms with Gasteiger partial charge in [0.25, 0.3) is 11.6 Å². The van der Waals surface area contributed by atoms with Gasteiger partial charge in [-0.05, 0) is 12.1 Å². The quantitative estimate of drug-likeness (QED) is 0.265. The van der Waals surface area contributed by atoms with E-state index in [1.54, 1.807) is 0 Å². The van der Waals surface area contributed by atoms with Crippen LogP contribution in [0.2, 0.25) is 0 Å². The number of hydrogen-bond acceptors (Lipinski definition) is 6. The topological polar surface area (TPSA) is 98.5 Å². The largest absolute Gasteiger partial charge is 0.455 e. The highest BCUT2D eigenvalue weighted by Crippen LogP contribution is 2.21. The lowest BCUT2D eigenvalue weighted by Gasteiger charge is -2.04. The molecule has 0 unspecified atom stereocenters. The Morgan fingerprint density at radius 1 is 1.38 bits per heavy atom. The van der Waals surface area contributed by atoms with Crippen molar-refractivity contribution in [3.63, 3.8) is 0 Å². The fourth-order valence-corrected chi connectivity index (χ4v) is 1.89. The summed E-state index contributed by atoms with van der Waals surface area (Å²) in [4.78, 5) is 33.2. The minimum Gasteiger partial charge on any atom is -0.455 e. The summed E-state index contributed by atoms with van der Waals surface area (Å²) in [5.74, 6) is 1.19. The van der Waals surface area contributed by atoms with Gasteiger partial charge in [0.05, 0.1) is 17.2 Å². The van der Waals surface area contributed by atoms with Gasteiger partial charge in [-0.25, -0.2) is 0 Å². The molecule has 0 aliphatic heterocycles. The number of terminal acetylenes is 1. The molecule has 0 aromatic heterocycles. The molecule has 0 saturated heterocycles. The minimum atomic E-state index is -0.561. The Kier molecular flexibility index (Phi) is 6.77. The molecule has 0 fully saturated rings. The highest BCUT2D eigenvalue weighted by atomic mass is 32.2. The summed E-state index contributed by atoms with van der Waals surface area (Å²) in [5.41, 5.74) is -0.0212. The second kappa shape index (κ2) is 8.60. The van der Waals surface area contributed by atoms with E-state index in [0.29, 0.717) is 4.90 Å². The Morgan fingerprint density at radius 3 is 2.62 bits per heavy atom. The summed E-state index contributed by atoms with van der Waals surface area (Å²) in [6.07, 6.45) is 4.96. The molecule has 1 amide bonds. The molecule has 7 nitrogen and oxygen atoms in total. The maximum absolute atomic E-state index is 11.4. The van der Waals surface area contributed by atoms with Gasteiger partial charge in [-0.15, -0.1) is 18.2 Å². The van der Waals surface area contributed by atoms with E-state index < -0.39 is 16.8 Å². The number of rotatable bonds is 7. The molecule has 0 atom stereocenters. The molecule has 1 rings (SSSR count). The maximum Gasteiger partial charge on any atom is 0.316 e. The van der Waals surface area contributed by atoms with Gasteiger partial charge in [0.1, 0.15) is 0 Å². The molecule has 0 heterocycles. The Morgan fingerprint density at radius 2 is 2.05 bits per heavy atom.